The highest BCUT2D eigenvalue weighted by atomic mass is 16.3. The van der Waals surface area contributed by atoms with Crippen molar-refractivity contribution < 1.29 is 15.0 Å². The molecule has 0 aliphatic heterocycles. The number of nitrogens with one attached hydrogen (secondary N) is 1. The van der Waals surface area contributed by atoms with Crippen LogP contribution in [0, 0.1) is 0 Å². The van der Waals surface area contributed by atoms with E-state index in [2.05, 4.69) is 31.3 Å². The molecular weight excluding hydrogens is 316 g/mol. The molecule has 5 N–H and O–H groups in total. The van der Waals surface area contributed by atoms with E-state index < -0.39 is 12.0 Å². The molecule has 2 aromatic rings. The fourth-order valence-electron chi connectivity index (χ4n) is 2.64. The largest absolute Gasteiger partial charge is 0.507 e. The molecule has 0 radical (unpaired) electrons. The predicted octanol–water partition coefficient (Wildman–Crippen LogP) is 2.53. The number of carbonyl (C=O) groups is 1. The van der Waals surface area contributed by atoms with Crippen LogP contribution in [-0.2, 0) is 6.42 Å². The van der Waals surface area contributed by atoms with E-state index in [1.165, 1.54) is 17.7 Å². The predicted molar refractivity (Wildman–Crippen MR) is 98.4 cm³/mol. The van der Waals surface area contributed by atoms with Crippen LogP contribution < -0.4 is 11.1 Å². The van der Waals surface area contributed by atoms with Crippen molar-refractivity contribution in [3.63, 3.8) is 0 Å². The number of aromatic hydroxyl groups is 1. The second-order valence-corrected chi connectivity index (χ2v) is 6.91. The summed E-state index contributed by atoms with van der Waals surface area (Å²) in [5, 5.41) is 23.4. The van der Waals surface area contributed by atoms with E-state index in [-0.39, 0.29) is 16.9 Å². The van der Waals surface area contributed by atoms with Gasteiger partial charge in [-0.1, -0.05) is 36.4 Å². The number of rotatable bonds is 8. The number of carbonyl (C=O) groups excluding carboxylic acids is 1. The first-order valence-corrected chi connectivity index (χ1v) is 8.38. The zero-order valence-corrected chi connectivity index (χ0v) is 14.7. The molecule has 134 valence electrons. The smallest absolute Gasteiger partial charge is 0.252 e. The topological polar surface area (TPSA) is 95.6 Å². The van der Waals surface area contributed by atoms with Crippen molar-refractivity contribution in [2.75, 3.05) is 6.54 Å². The fourth-order valence-corrected chi connectivity index (χ4v) is 2.64. The minimum absolute atomic E-state index is 0.0138. The molecule has 0 saturated heterocycles. The zero-order chi connectivity index (χ0) is 18.4. The van der Waals surface area contributed by atoms with Crippen LogP contribution in [0.3, 0.4) is 0 Å². The summed E-state index contributed by atoms with van der Waals surface area (Å²) in [6, 6.07) is 14.7. The van der Waals surface area contributed by atoms with Crippen LogP contribution in [0.5, 0.6) is 5.75 Å². The number of amides is 1. The number of benzene rings is 2. The highest BCUT2D eigenvalue weighted by Gasteiger charge is 2.20. The number of hydrogen-bond donors (Lipinski definition) is 4. The van der Waals surface area contributed by atoms with Gasteiger partial charge in [-0.2, -0.15) is 0 Å². The third-order valence-corrected chi connectivity index (χ3v) is 4.33. The Bertz CT molecular complexity index is 714. The van der Waals surface area contributed by atoms with Gasteiger partial charge >= 0.3 is 0 Å². The third kappa shape index (κ3) is 5.59. The molecule has 0 aromatic heterocycles. The Kier molecular flexibility index (Phi) is 6.17. The van der Waals surface area contributed by atoms with E-state index in [0.717, 1.165) is 12.8 Å². The van der Waals surface area contributed by atoms with Crippen molar-refractivity contribution >= 4 is 5.91 Å². The van der Waals surface area contributed by atoms with Gasteiger partial charge in [-0.3, -0.25) is 4.79 Å². The summed E-state index contributed by atoms with van der Waals surface area (Å²) in [6.45, 7) is 4.52. The van der Waals surface area contributed by atoms with Gasteiger partial charge in [-0.25, -0.2) is 0 Å². The van der Waals surface area contributed by atoms with Gasteiger partial charge in [0.15, 0.2) is 0 Å². The fraction of sp³-hybridized carbons (Fsp3) is 0.350. The van der Waals surface area contributed by atoms with Crippen LogP contribution in [0.25, 0.3) is 0 Å². The average molecular weight is 342 g/mol. The maximum atomic E-state index is 11.3. The number of aliphatic hydroxyl groups excluding tert-OH is 1. The van der Waals surface area contributed by atoms with Gasteiger partial charge in [0.25, 0.3) is 5.91 Å². The summed E-state index contributed by atoms with van der Waals surface area (Å²) in [7, 11) is 0. The van der Waals surface area contributed by atoms with Crippen molar-refractivity contribution in [3.8, 4) is 5.75 Å². The molecule has 0 aliphatic rings. The summed E-state index contributed by atoms with van der Waals surface area (Å²) in [5.74, 6) is -0.901. The molecule has 2 rings (SSSR count). The average Bonchev–Trinajstić information content (AvgIpc) is 2.59. The second kappa shape index (κ2) is 8.14. The molecule has 1 amide bonds. The van der Waals surface area contributed by atoms with Gasteiger partial charge in [-0.05, 0) is 49.9 Å². The van der Waals surface area contributed by atoms with Crippen LogP contribution in [-0.4, -0.2) is 28.2 Å². The maximum Gasteiger partial charge on any atom is 0.252 e. The summed E-state index contributed by atoms with van der Waals surface area (Å²) in [4.78, 5) is 11.3. The number of β-amino-alcohol motifs (C(OH)–C–C–N with tert-alkyl or cyclic N) is 1. The molecule has 0 heterocycles. The van der Waals surface area contributed by atoms with Gasteiger partial charge in [0.2, 0.25) is 0 Å². The van der Waals surface area contributed by atoms with E-state index in [4.69, 9.17) is 5.73 Å². The first-order valence-electron chi connectivity index (χ1n) is 8.38. The van der Waals surface area contributed by atoms with E-state index in [9.17, 15) is 15.0 Å². The molecule has 2 aromatic carbocycles. The van der Waals surface area contributed by atoms with E-state index >= 15 is 0 Å². The molecule has 25 heavy (non-hydrogen) atoms. The minimum atomic E-state index is -0.797. The van der Waals surface area contributed by atoms with E-state index in [0.29, 0.717) is 12.1 Å². The molecule has 1 atom stereocenters. The van der Waals surface area contributed by atoms with E-state index in [1.807, 2.05) is 18.2 Å². The van der Waals surface area contributed by atoms with E-state index in [1.54, 1.807) is 6.07 Å². The summed E-state index contributed by atoms with van der Waals surface area (Å²) < 4.78 is 0. The Labute approximate surface area is 148 Å². The van der Waals surface area contributed by atoms with Crippen LogP contribution in [0.2, 0.25) is 0 Å². The summed E-state index contributed by atoms with van der Waals surface area (Å²) in [6.07, 6.45) is 1.07. The lowest BCUT2D eigenvalue weighted by molar-refractivity contribution is 0.0997. The minimum Gasteiger partial charge on any atom is -0.507 e. The van der Waals surface area contributed by atoms with Crippen molar-refractivity contribution in [2.24, 2.45) is 5.73 Å². The monoisotopic (exact) mass is 342 g/mol. The van der Waals surface area contributed by atoms with Crippen molar-refractivity contribution in [2.45, 2.75) is 38.3 Å². The van der Waals surface area contributed by atoms with Crippen LogP contribution >= 0.6 is 0 Å². The van der Waals surface area contributed by atoms with Gasteiger partial charge in [0, 0.05) is 12.1 Å². The summed E-state index contributed by atoms with van der Waals surface area (Å²) in [5.41, 5.74) is 6.91. The van der Waals surface area contributed by atoms with Crippen molar-refractivity contribution in [3.05, 3.63) is 65.2 Å². The van der Waals surface area contributed by atoms with Gasteiger partial charge < -0.3 is 21.3 Å². The number of aliphatic hydroxyl groups is 1. The van der Waals surface area contributed by atoms with Crippen LogP contribution in [0.1, 0.15) is 47.9 Å². The molecule has 0 aliphatic carbocycles. The number of primary amides is 1. The van der Waals surface area contributed by atoms with Gasteiger partial charge in [-0.15, -0.1) is 0 Å². The maximum absolute atomic E-state index is 11.3. The first-order chi connectivity index (χ1) is 11.8. The zero-order valence-electron chi connectivity index (χ0n) is 14.7. The highest BCUT2D eigenvalue weighted by Crippen LogP contribution is 2.23. The Morgan fingerprint density at radius 3 is 2.52 bits per heavy atom. The number of nitrogens with two attached hydrogens (primary N) is 1. The Balaban J connectivity index is 1.93. The standard InChI is InChI=1S/C20H26N2O3/c1-20(2,11-10-14-6-4-3-5-7-14)22-13-18(24)15-8-9-17(23)16(12-15)19(21)25/h3-9,12,18,22-24H,10-11,13H2,1-2H3,(H2,21,25). The van der Waals surface area contributed by atoms with Crippen LogP contribution in [0.15, 0.2) is 48.5 Å². The number of aryl methyl sites for hydroxylation is 1. The van der Waals surface area contributed by atoms with Crippen molar-refractivity contribution in [1.29, 1.82) is 0 Å². The second-order valence-electron chi connectivity index (χ2n) is 6.91. The third-order valence-electron chi connectivity index (χ3n) is 4.33. The van der Waals surface area contributed by atoms with Crippen LogP contribution in [0.4, 0.5) is 0 Å². The molecule has 0 saturated carbocycles. The number of hydrogen-bond acceptors (Lipinski definition) is 4. The highest BCUT2D eigenvalue weighted by molar-refractivity contribution is 5.95. The SMILES string of the molecule is CC(C)(CCc1ccccc1)NCC(O)c1ccc(O)c(C(N)=O)c1. The molecule has 5 nitrogen and oxygen atoms in total. The molecule has 1 unspecified atom stereocenters. The molecule has 0 bridgehead atoms. The lowest BCUT2D eigenvalue weighted by atomic mass is 9.94. The molecule has 0 fully saturated rings. The van der Waals surface area contributed by atoms with Gasteiger partial charge in [0.1, 0.15) is 5.75 Å². The normalized spacial score (nSPS) is 12.8. The Morgan fingerprint density at radius 2 is 1.88 bits per heavy atom. The Morgan fingerprint density at radius 1 is 1.20 bits per heavy atom. The Hall–Kier alpha value is -2.37. The molecule has 5 heteroatoms. The number of phenols is 1. The quantitative estimate of drug-likeness (QED) is 0.593. The first kappa shape index (κ1) is 19.0. The van der Waals surface area contributed by atoms with Gasteiger partial charge in [0.05, 0.1) is 11.7 Å². The lowest BCUT2D eigenvalue weighted by Gasteiger charge is -2.28. The molecule has 0 spiro atoms. The molecular formula is C20H26N2O3. The van der Waals surface area contributed by atoms with Crippen molar-refractivity contribution in [1.82, 2.24) is 5.32 Å². The summed E-state index contributed by atoms with van der Waals surface area (Å²) >= 11 is 0. The lowest BCUT2D eigenvalue weighted by Crippen LogP contribution is -2.42.